The molecule has 0 aliphatic rings. The second-order valence-corrected chi connectivity index (χ2v) is 25.5. The second-order valence-electron chi connectivity index (χ2n) is 22.6. The number of carbonyl (C=O) groups is 4. The molecule has 0 spiro atoms. The maximum atomic E-state index is 12.9. The van der Waals surface area contributed by atoms with Crippen molar-refractivity contribution >= 4 is 39.5 Å². The predicted octanol–water partition coefficient (Wildman–Crippen LogP) is 16.5. The van der Waals surface area contributed by atoms with Crippen molar-refractivity contribution in [3.63, 3.8) is 0 Å². The van der Waals surface area contributed by atoms with E-state index < -0.39 is 97.5 Å². The van der Waals surface area contributed by atoms with Gasteiger partial charge < -0.3 is 33.8 Å². The third kappa shape index (κ3) is 52.8. The normalized spacial score (nSPS) is 15.1. The summed E-state index contributed by atoms with van der Waals surface area (Å²) in [5, 5.41) is 10.5. The Morgan fingerprint density at radius 2 is 0.600 bits per heavy atom. The number of aliphatic hydroxyl groups excluding tert-OH is 1. The Bertz CT molecular complexity index is 1590. The van der Waals surface area contributed by atoms with Crippen LogP contribution in [0.25, 0.3) is 0 Å². The van der Waals surface area contributed by atoms with Gasteiger partial charge in [0.15, 0.2) is 12.2 Å². The first kappa shape index (κ1) is 78.1. The van der Waals surface area contributed by atoms with Crippen LogP contribution in [0.5, 0.6) is 0 Å². The summed E-state index contributed by atoms with van der Waals surface area (Å²) < 4.78 is 67.7. The molecule has 0 amide bonds. The van der Waals surface area contributed by atoms with Gasteiger partial charge in [0.05, 0.1) is 26.4 Å². The summed E-state index contributed by atoms with van der Waals surface area (Å²) in [5.41, 5.74) is 0. The van der Waals surface area contributed by atoms with Crippen molar-refractivity contribution in [2.45, 2.75) is 317 Å². The summed E-state index contributed by atoms with van der Waals surface area (Å²) in [6.07, 6.45) is 35.0. The van der Waals surface area contributed by atoms with Crippen LogP contribution in [0.15, 0.2) is 0 Å². The molecular weight excluding hydrogens is 1070 g/mol. The van der Waals surface area contributed by atoms with E-state index in [-0.39, 0.29) is 25.7 Å². The zero-order valence-corrected chi connectivity index (χ0v) is 53.2. The number of rotatable bonds is 60. The first-order valence-electron chi connectivity index (χ1n) is 32.1. The molecule has 0 bridgehead atoms. The van der Waals surface area contributed by atoms with Crippen LogP contribution in [-0.4, -0.2) is 96.7 Å². The molecule has 474 valence electrons. The number of unbranched alkanes of at least 4 members (excludes halogenated alkanes) is 28. The Morgan fingerprint density at radius 3 is 0.887 bits per heavy atom. The van der Waals surface area contributed by atoms with Crippen molar-refractivity contribution in [3.8, 4) is 0 Å². The summed E-state index contributed by atoms with van der Waals surface area (Å²) in [7, 11) is -9.87. The summed E-state index contributed by atoms with van der Waals surface area (Å²) in [5.74, 6) is -0.569. The minimum Gasteiger partial charge on any atom is -0.462 e. The molecule has 0 saturated heterocycles. The largest absolute Gasteiger partial charge is 0.472 e. The average molecular weight is 1190 g/mol. The van der Waals surface area contributed by atoms with Crippen molar-refractivity contribution in [2.24, 2.45) is 11.8 Å². The van der Waals surface area contributed by atoms with Gasteiger partial charge in [0.2, 0.25) is 0 Å². The van der Waals surface area contributed by atoms with E-state index in [1.54, 1.807) is 0 Å². The third-order valence-electron chi connectivity index (χ3n) is 14.7. The Kier molecular flexibility index (Phi) is 52.5. The number of esters is 4. The molecule has 0 aromatic heterocycles. The lowest BCUT2D eigenvalue weighted by Gasteiger charge is -2.21. The fraction of sp³-hybridized carbons (Fsp3) is 0.934. The lowest BCUT2D eigenvalue weighted by Crippen LogP contribution is -2.30. The Morgan fingerprint density at radius 1 is 0.350 bits per heavy atom. The molecule has 4 unspecified atom stereocenters. The lowest BCUT2D eigenvalue weighted by molar-refractivity contribution is -0.161. The van der Waals surface area contributed by atoms with E-state index in [9.17, 15) is 43.2 Å². The first-order valence-corrected chi connectivity index (χ1v) is 35.1. The highest BCUT2D eigenvalue weighted by molar-refractivity contribution is 7.47. The van der Waals surface area contributed by atoms with E-state index in [2.05, 4.69) is 41.5 Å². The van der Waals surface area contributed by atoms with Crippen LogP contribution in [0.3, 0.4) is 0 Å². The topological polar surface area (TPSA) is 237 Å². The molecular formula is C61H118O17P2. The molecule has 0 saturated carbocycles. The molecule has 17 nitrogen and oxygen atoms in total. The second kappa shape index (κ2) is 53.8. The number of phosphoric ester groups is 2. The van der Waals surface area contributed by atoms with Crippen LogP contribution < -0.4 is 0 Å². The van der Waals surface area contributed by atoms with Crippen LogP contribution >= 0.6 is 15.6 Å². The fourth-order valence-corrected chi connectivity index (χ4v) is 10.5. The maximum Gasteiger partial charge on any atom is 0.472 e. The van der Waals surface area contributed by atoms with Crippen LogP contribution in [0, 0.1) is 11.8 Å². The minimum absolute atomic E-state index is 0.104. The molecule has 7 atom stereocenters. The molecule has 0 aromatic rings. The molecule has 0 radical (unpaired) electrons. The van der Waals surface area contributed by atoms with Gasteiger partial charge in [-0.1, -0.05) is 247 Å². The molecule has 19 heteroatoms. The van der Waals surface area contributed by atoms with Crippen molar-refractivity contribution in [1.82, 2.24) is 0 Å². The van der Waals surface area contributed by atoms with Crippen LogP contribution in [0.4, 0.5) is 0 Å². The number of phosphoric acid groups is 2. The molecule has 80 heavy (non-hydrogen) atoms. The lowest BCUT2D eigenvalue weighted by atomic mass is 9.99. The molecule has 0 heterocycles. The zero-order chi connectivity index (χ0) is 59.4. The van der Waals surface area contributed by atoms with E-state index in [0.29, 0.717) is 25.7 Å². The number of carbonyl (C=O) groups excluding carboxylic acids is 4. The van der Waals surface area contributed by atoms with Crippen molar-refractivity contribution in [2.75, 3.05) is 39.6 Å². The highest BCUT2D eigenvalue weighted by Gasteiger charge is 2.30. The van der Waals surface area contributed by atoms with Gasteiger partial charge in [-0.2, -0.15) is 0 Å². The van der Waals surface area contributed by atoms with E-state index in [1.807, 2.05) is 0 Å². The predicted molar refractivity (Wildman–Crippen MR) is 317 cm³/mol. The van der Waals surface area contributed by atoms with Gasteiger partial charge in [-0.15, -0.1) is 0 Å². The summed E-state index contributed by atoms with van der Waals surface area (Å²) in [6, 6.07) is 0. The highest BCUT2D eigenvalue weighted by Crippen LogP contribution is 2.45. The Hall–Kier alpha value is -1.94. The molecule has 0 aromatic carbocycles. The zero-order valence-electron chi connectivity index (χ0n) is 51.4. The summed E-state index contributed by atoms with van der Waals surface area (Å²) in [4.78, 5) is 71.8. The maximum absolute atomic E-state index is 12.9. The fourth-order valence-electron chi connectivity index (χ4n) is 8.94. The van der Waals surface area contributed by atoms with Gasteiger partial charge in [-0.25, -0.2) is 9.13 Å². The Balaban J connectivity index is 5.19. The summed E-state index contributed by atoms with van der Waals surface area (Å²) >= 11 is 0. The Labute approximate surface area is 486 Å². The average Bonchev–Trinajstić information content (AvgIpc) is 3.43. The monoisotopic (exact) mass is 1180 g/mol. The first-order chi connectivity index (χ1) is 38.4. The van der Waals surface area contributed by atoms with Crippen LogP contribution in [0.2, 0.25) is 0 Å². The van der Waals surface area contributed by atoms with Crippen molar-refractivity contribution in [3.05, 3.63) is 0 Å². The molecule has 0 fully saturated rings. The minimum atomic E-state index is -4.94. The van der Waals surface area contributed by atoms with Crippen molar-refractivity contribution in [1.29, 1.82) is 0 Å². The number of ether oxygens (including phenoxy) is 4. The number of hydrogen-bond acceptors (Lipinski definition) is 15. The van der Waals surface area contributed by atoms with Crippen LogP contribution in [-0.2, 0) is 65.4 Å². The smallest absolute Gasteiger partial charge is 0.462 e. The highest BCUT2D eigenvalue weighted by atomic mass is 31.2. The van der Waals surface area contributed by atoms with Crippen molar-refractivity contribution < 1.29 is 80.2 Å². The van der Waals surface area contributed by atoms with Gasteiger partial charge in [-0.3, -0.25) is 37.3 Å². The SMILES string of the molecule is CCCCCCCCCCCC(=O)O[C@H](COC(=O)CCCCCCC)COP(=O)(O)OC[C@H](O)COP(=O)(O)OC[C@@H](COC(=O)CCCCCCCCCCC(C)CC)OC(=O)CCCCCCCCCCCCC(C)CC. The number of aliphatic hydroxyl groups is 1. The van der Waals surface area contributed by atoms with Gasteiger partial charge in [0, 0.05) is 25.7 Å². The number of hydrogen-bond donors (Lipinski definition) is 3. The van der Waals surface area contributed by atoms with Gasteiger partial charge in [-0.05, 0) is 37.5 Å². The van der Waals surface area contributed by atoms with E-state index in [4.69, 9.17) is 37.0 Å². The van der Waals surface area contributed by atoms with Gasteiger partial charge in [0.1, 0.15) is 19.3 Å². The van der Waals surface area contributed by atoms with E-state index in [0.717, 1.165) is 108 Å². The summed E-state index contributed by atoms with van der Waals surface area (Å²) in [6.45, 7) is 9.39. The van der Waals surface area contributed by atoms with Gasteiger partial charge >= 0.3 is 39.5 Å². The quantitative estimate of drug-likeness (QED) is 0.0222. The van der Waals surface area contributed by atoms with E-state index >= 15 is 0 Å². The molecule has 3 N–H and O–H groups in total. The van der Waals surface area contributed by atoms with E-state index in [1.165, 1.54) is 109 Å². The van der Waals surface area contributed by atoms with Crippen LogP contribution in [0.1, 0.15) is 298 Å². The molecule has 0 aliphatic carbocycles. The van der Waals surface area contributed by atoms with Gasteiger partial charge in [0.25, 0.3) is 0 Å². The standard InChI is InChI=1S/C61H118O17P2/c1-7-11-13-15-16-19-27-33-39-45-60(65)77-56(49-71-58(63)43-37-29-14-12-8-2)51-75-79(67,68)73-47-55(62)48-74-80(69,70)76-52-57(50-72-59(64)44-38-32-26-23-22-25-31-36-42-54(6)10-4)78-61(66)46-40-34-28-21-18-17-20-24-30-35-41-53(5)9-3/h53-57,62H,7-52H2,1-6H3,(H,67,68)(H,69,70)/t53?,54?,55-,56+,57+/m0/s1. The third-order valence-corrected chi connectivity index (χ3v) is 16.6. The molecule has 0 rings (SSSR count). The molecule has 0 aliphatic heterocycles.